The Bertz CT molecular complexity index is 1000. The number of amides is 1. The lowest BCUT2D eigenvalue weighted by molar-refractivity contribution is -0.115. The lowest BCUT2D eigenvalue weighted by Crippen LogP contribution is -2.14. The number of benzene rings is 3. The summed E-state index contributed by atoms with van der Waals surface area (Å²) in [5.41, 5.74) is 2.90. The summed E-state index contributed by atoms with van der Waals surface area (Å²) in [4.78, 5) is 15.5. The maximum absolute atomic E-state index is 12.3. The van der Waals surface area contributed by atoms with Gasteiger partial charge in [0.1, 0.15) is 0 Å². The summed E-state index contributed by atoms with van der Waals surface area (Å²) < 4.78 is 0. The molecule has 1 aromatic heterocycles. The second kappa shape index (κ2) is 5.61. The number of anilines is 1. The number of nitrogens with one attached hydrogen (secondary N) is 2. The van der Waals surface area contributed by atoms with Gasteiger partial charge in [0, 0.05) is 22.8 Å². The molecule has 0 spiro atoms. The lowest BCUT2D eigenvalue weighted by Gasteiger charge is -2.06. The number of hydrogen-bond acceptors (Lipinski definition) is 1. The van der Waals surface area contributed by atoms with Crippen molar-refractivity contribution in [1.82, 2.24) is 4.98 Å². The Labute approximate surface area is 134 Å². The molecule has 0 radical (unpaired) electrons. The first-order chi connectivity index (χ1) is 11.3. The minimum absolute atomic E-state index is 0.00923. The first-order valence-electron chi connectivity index (χ1n) is 7.63. The van der Waals surface area contributed by atoms with Crippen LogP contribution in [0.4, 0.5) is 5.69 Å². The van der Waals surface area contributed by atoms with Gasteiger partial charge in [-0.3, -0.25) is 4.79 Å². The molecule has 23 heavy (non-hydrogen) atoms. The van der Waals surface area contributed by atoms with E-state index in [0.29, 0.717) is 6.42 Å². The van der Waals surface area contributed by atoms with E-state index in [1.165, 1.54) is 5.39 Å². The number of aromatic amines is 1. The van der Waals surface area contributed by atoms with Crippen LogP contribution in [0.25, 0.3) is 21.7 Å². The molecule has 0 saturated heterocycles. The van der Waals surface area contributed by atoms with E-state index in [1.807, 2.05) is 66.9 Å². The number of carbonyl (C=O) groups is 1. The van der Waals surface area contributed by atoms with Crippen LogP contribution in [0.1, 0.15) is 5.56 Å². The van der Waals surface area contributed by atoms with Crippen LogP contribution in [-0.4, -0.2) is 10.9 Å². The van der Waals surface area contributed by atoms with E-state index >= 15 is 0 Å². The van der Waals surface area contributed by atoms with Gasteiger partial charge in [0.25, 0.3) is 0 Å². The van der Waals surface area contributed by atoms with Gasteiger partial charge in [0.2, 0.25) is 5.91 Å². The molecule has 0 aliphatic heterocycles. The lowest BCUT2D eigenvalue weighted by atomic mass is 10.1. The summed E-state index contributed by atoms with van der Waals surface area (Å²) >= 11 is 0. The Balaban J connectivity index is 1.55. The molecule has 4 rings (SSSR count). The highest BCUT2D eigenvalue weighted by atomic mass is 16.1. The Morgan fingerprint density at radius 2 is 1.70 bits per heavy atom. The van der Waals surface area contributed by atoms with Crippen LogP contribution >= 0.6 is 0 Å². The molecular weight excluding hydrogens is 284 g/mol. The zero-order valence-electron chi connectivity index (χ0n) is 12.5. The molecule has 4 aromatic rings. The van der Waals surface area contributed by atoms with E-state index in [1.54, 1.807) is 0 Å². The number of hydrogen-bond donors (Lipinski definition) is 2. The standard InChI is InChI=1S/C20H16N2O/c23-20(12-16-13-21-19-8-4-3-7-18(16)19)22-17-10-9-14-5-1-2-6-15(14)11-17/h1-11,13,21H,12H2,(H,22,23). The predicted octanol–water partition coefficient (Wildman–Crippen LogP) is 4.50. The minimum atomic E-state index is -0.00923. The quantitative estimate of drug-likeness (QED) is 0.575. The van der Waals surface area contributed by atoms with Gasteiger partial charge in [-0.25, -0.2) is 0 Å². The molecule has 0 fully saturated rings. The molecular formula is C20H16N2O. The molecule has 2 N–H and O–H groups in total. The van der Waals surface area contributed by atoms with Crippen molar-refractivity contribution in [1.29, 1.82) is 0 Å². The summed E-state index contributed by atoms with van der Waals surface area (Å²) in [6.07, 6.45) is 2.27. The van der Waals surface area contributed by atoms with Gasteiger partial charge in [-0.2, -0.15) is 0 Å². The highest BCUT2D eigenvalue weighted by Gasteiger charge is 2.09. The average molecular weight is 300 g/mol. The normalized spacial score (nSPS) is 11.0. The molecule has 112 valence electrons. The van der Waals surface area contributed by atoms with Crippen molar-refractivity contribution in [3.05, 3.63) is 78.5 Å². The predicted molar refractivity (Wildman–Crippen MR) is 94.6 cm³/mol. The van der Waals surface area contributed by atoms with Crippen molar-refractivity contribution >= 4 is 33.3 Å². The van der Waals surface area contributed by atoms with Crippen LogP contribution in [0.15, 0.2) is 72.9 Å². The summed E-state index contributed by atoms with van der Waals surface area (Å²) in [5, 5.41) is 6.37. The fourth-order valence-corrected chi connectivity index (χ4v) is 2.92. The summed E-state index contributed by atoms with van der Waals surface area (Å²) in [5.74, 6) is -0.00923. The third-order valence-corrected chi connectivity index (χ3v) is 4.06. The van der Waals surface area contributed by atoms with Crippen LogP contribution in [0.3, 0.4) is 0 Å². The van der Waals surface area contributed by atoms with Gasteiger partial charge < -0.3 is 10.3 Å². The van der Waals surface area contributed by atoms with Crippen LogP contribution in [0.5, 0.6) is 0 Å². The molecule has 1 heterocycles. The molecule has 3 nitrogen and oxygen atoms in total. The van der Waals surface area contributed by atoms with Crippen LogP contribution in [0.2, 0.25) is 0 Å². The molecule has 0 aliphatic rings. The maximum atomic E-state index is 12.3. The first kappa shape index (κ1) is 13.6. The maximum Gasteiger partial charge on any atom is 0.228 e. The monoisotopic (exact) mass is 300 g/mol. The van der Waals surface area contributed by atoms with Gasteiger partial charge in [-0.05, 0) is 34.5 Å². The molecule has 0 bridgehead atoms. The Kier molecular flexibility index (Phi) is 3.31. The highest BCUT2D eigenvalue weighted by molar-refractivity contribution is 5.97. The van der Waals surface area contributed by atoms with Crippen molar-refractivity contribution < 1.29 is 4.79 Å². The third-order valence-electron chi connectivity index (χ3n) is 4.06. The Morgan fingerprint density at radius 3 is 2.61 bits per heavy atom. The van der Waals surface area contributed by atoms with Crippen molar-refractivity contribution in [2.45, 2.75) is 6.42 Å². The minimum Gasteiger partial charge on any atom is -0.361 e. The van der Waals surface area contributed by atoms with Crippen molar-refractivity contribution in [2.24, 2.45) is 0 Å². The zero-order chi connectivity index (χ0) is 15.6. The van der Waals surface area contributed by atoms with Crippen molar-refractivity contribution in [3.63, 3.8) is 0 Å². The third kappa shape index (κ3) is 2.69. The highest BCUT2D eigenvalue weighted by Crippen LogP contribution is 2.21. The molecule has 3 heteroatoms. The van der Waals surface area contributed by atoms with Gasteiger partial charge >= 0.3 is 0 Å². The number of rotatable bonds is 3. The van der Waals surface area contributed by atoms with Crippen LogP contribution in [-0.2, 0) is 11.2 Å². The van der Waals surface area contributed by atoms with E-state index in [-0.39, 0.29) is 5.91 Å². The zero-order valence-corrected chi connectivity index (χ0v) is 12.5. The van der Waals surface area contributed by atoms with Crippen molar-refractivity contribution in [2.75, 3.05) is 5.32 Å². The number of fused-ring (bicyclic) bond motifs is 2. The SMILES string of the molecule is O=C(Cc1c[nH]c2ccccc12)Nc1ccc2ccccc2c1. The molecule has 0 unspecified atom stereocenters. The second-order valence-electron chi connectivity index (χ2n) is 5.65. The fourth-order valence-electron chi connectivity index (χ4n) is 2.92. The van der Waals surface area contributed by atoms with Crippen LogP contribution in [0, 0.1) is 0 Å². The van der Waals surface area contributed by atoms with E-state index in [0.717, 1.165) is 27.5 Å². The van der Waals surface area contributed by atoms with E-state index < -0.39 is 0 Å². The fraction of sp³-hybridized carbons (Fsp3) is 0.0500. The molecule has 0 aliphatic carbocycles. The van der Waals surface area contributed by atoms with Gasteiger partial charge in [-0.15, -0.1) is 0 Å². The first-order valence-corrected chi connectivity index (χ1v) is 7.63. The van der Waals surface area contributed by atoms with Crippen LogP contribution < -0.4 is 5.32 Å². The average Bonchev–Trinajstić information content (AvgIpc) is 2.98. The molecule has 3 aromatic carbocycles. The number of carbonyl (C=O) groups excluding carboxylic acids is 1. The van der Waals surface area contributed by atoms with Gasteiger partial charge in [0.05, 0.1) is 6.42 Å². The van der Waals surface area contributed by atoms with E-state index in [4.69, 9.17) is 0 Å². The Hall–Kier alpha value is -3.07. The number of para-hydroxylation sites is 1. The topological polar surface area (TPSA) is 44.9 Å². The summed E-state index contributed by atoms with van der Waals surface area (Å²) in [6, 6.07) is 22.1. The second-order valence-corrected chi connectivity index (χ2v) is 5.65. The van der Waals surface area contributed by atoms with E-state index in [9.17, 15) is 4.79 Å². The number of aromatic nitrogens is 1. The molecule has 0 saturated carbocycles. The smallest absolute Gasteiger partial charge is 0.228 e. The van der Waals surface area contributed by atoms with Gasteiger partial charge in [0.15, 0.2) is 0 Å². The Morgan fingerprint density at radius 1 is 0.913 bits per heavy atom. The summed E-state index contributed by atoms with van der Waals surface area (Å²) in [7, 11) is 0. The van der Waals surface area contributed by atoms with Crippen molar-refractivity contribution in [3.8, 4) is 0 Å². The molecule has 0 atom stereocenters. The molecule has 1 amide bonds. The van der Waals surface area contributed by atoms with E-state index in [2.05, 4.69) is 16.4 Å². The van der Waals surface area contributed by atoms with Gasteiger partial charge in [-0.1, -0.05) is 48.5 Å². The summed E-state index contributed by atoms with van der Waals surface area (Å²) in [6.45, 7) is 0. The number of H-pyrrole nitrogens is 1. The largest absolute Gasteiger partial charge is 0.361 e.